The Labute approximate surface area is 133 Å². The average molecular weight is 351 g/mol. The average Bonchev–Trinajstić information content (AvgIpc) is 2.81. The number of nitrogens with one attached hydrogen (secondary N) is 1. The first kappa shape index (κ1) is 14.1. The molecule has 2 atom stereocenters. The van der Waals surface area contributed by atoms with Crippen molar-refractivity contribution in [1.82, 2.24) is 5.32 Å². The van der Waals surface area contributed by atoms with Gasteiger partial charge in [0.1, 0.15) is 0 Å². The van der Waals surface area contributed by atoms with Gasteiger partial charge >= 0.3 is 0 Å². The SMILES string of the molecule is CC(NC1CCc2cc(Cl)ccc21)c1cccc(Br)c1. The maximum Gasteiger partial charge on any atom is 0.0408 e. The molecule has 104 valence electrons. The molecule has 1 N–H and O–H groups in total. The van der Waals surface area contributed by atoms with E-state index in [1.165, 1.54) is 16.7 Å². The van der Waals surface area contributed by atoms with E-state index in [1.807, 2.05) is 6.07 Å². The number of halogens is 2. The van der Waals surface area contributed by atoms with Crippen molar-refractivity contribution >= 4 is 27.5 Å². The predicted octanol–water partition coefficient (Wildman–Crippen LogP) is 5.44. The van der Waals surface area contributed by atoms with E-state index in [-0.39, 0.29) is 0 Å². The lowest BCUT2D eigenvalue weighted by molar-refractivity contribution is 0.465. The zero-order chi connectivity index (χ0) is 14.1. The van der Waals surface area contributed by atoms with Gasteiger partial charge in [0, 0.05) is 21.6 Å². The zero-order valence-electron chi connectivity index (χ0n) is 11.4. The Morgan fingerprint density at radius 3 is 2.90 bits per heavy atom. The number of benzene rings is 2. The van der Waals surface area contributed by atoms with Gasteiger partial charge in [-0.2, -0.15) is 0 Å². The molecule has 2 aromatic carbocycles. The van der Waals surface area contributed by atoms with Gasteiger partial charge in [-0.3, -0.25) is 0 Å². The van der Waals surface area contributed by atoms with Crippen LogP contribution in [-0.2, 0) is 6.42 Å². The Bertz CT molecular complexity index is 626. The van der Waals surface area contributed by atoms with Crippen molar-refractivity contribution in [3.05, 3.63) is 68.7 Å². The molecule has 1 aliphatic rings. The van der Waals surface area contributed by atoms with Gasteiger partial charge in [0.2, 0.25) is 0 Å². The molecule has 0 bridgehead atoms. The van der Waals surface area contributed by atoms with Gasteiger partial charge in [-0.25, -0.2) is 0 Å². The van der Waals surface area contributed by atoms with Crippen molar-refractivity contribution < 1.29 is 0 Å². The molecule has 0 saturated heterocycles. The maximum atomic E-state index is 6.06. The zero-order valence-corrected chi connectivity index (χ0v) is 13.7. The van der Waals surface area contributed by atoms with Crippen molar-refractivity contribution in [1.29, 1.82) is 0 Å². The summed E-state index contributed by atoms with van der Waals surface area (Å²) in [6, 6.07) is 15.5. The Balaban J connectivity index is 1.77. The highest BCUT2D eigenvalue weighted by Crippen LogP contribution is 2.34. The Morgan fingerprint density at radius 2 is 2.10 bits per heavy atom. The van der Waals surface area contributed by atoms with Crippen molar-refractivity contribution in [3.63, 3.8) is 0 Å². The first-order valence-corrected chi connectivity index (χ1v) is 8.10. The highest BCUT2D eigenvalue weighted by molar-refractivity contribution is 9.10. The fourth-order valence-corrected chi connectivity index (χ4v) is 3.54. The number of hydrogen-bond acceptors (Lipinski definition) is 1. The third-order valence-corrected chi connectivity index (χ3v) is 4.71. The summed E-state index contributed by atoms with van der Waals surface area (Å²) in [5.41, 5.74) is 4.09. The van der Waals surface area contributed by atoms with Gasteiger partial charge in [-0.1, -0.05) is 45.7 Å². The Morgan fingerprint density at radius 1 is 1.25 bits per heavy atom. The highest BCUT2D eigenvalue weighted by atomic mass is 79.9. The van der Waals surface area contributed by atoms with E-state index in [1.54, 1.807) is 0 Å². The molecule has 0 amide bonds. The smallest absolute Gasteiger partial charge is 0.0408 e. The number of rotatable bonds is 3. The van der Waals surface area contributed by atoms with Crippen LogP contribution in [0, 0.1) is 0 Å². The van der Waals surface area contributed by atoms with Crippen molar-refractivity contribution in [2.75, 3.05) is 0 Å². The summed E-state index contributed by atoms with van der Waals surface area (Å²) in [6.45, 7) is 2.22. The van der Waals surface area contributed by atoms with Crippen LogP contribution in [0.1, 0.15) is 42.1 Å². The van der Waals surface area contributed by atoms with Crippen LogP contribution < -0.4 is 5.32 Å². The van der Waals surface area contributed by atoms with Gasteiger partial charge < -0.3 is 5.32 Å². The van der Waals surface area contributed by atoms with Gasteiger partial charge in [-0.15, -0.1) is 0 Å². The minimum Gasteiger partial charge on any atom is -0.303 e. The van der Waals surface area contributed by atoms with Crippen molar-refractivity contribution in [3.8, 4) is 0 Å². The topological polar surface area (TPSA) is 12.0 Å². The molecule has 0 aliphatic heterocycles. The standard InChI is InChI=1S/C17H17BrClN/c1-11(12-3-2-4-14(18)9-12)20-17-8-5-13-10-15(19)6-7-16(13)17/h2-4,6-7,9-11,17,20H,5,8H2,1H3. The number of hydrogen-bond donors (Lipinski definition) is 1. The second kappa shape index (κ2) is 5.88. The second-order valence-corrected chi connectivity index (χ2v) is 6.73. The molecule has 20 heavy (non-hydrogen) atoms. The molecular weight excluding hydrogens is 334 g/mol. The minimum atomic E-state index is 0.333. The van der Waals surface area contributed by atoms with Crippen LogP contribution in [0.2, 0.25) is 5.02 Å². The summed E-state index contributed by atoms with van der Waals surface area (Å²) in [4.78, 5) is 0. The normalized spacial score (nSPS) is 18.9. The summed E-state index contributed by atoms with van der Waals surface area (Å²) in [5.74, 6) is 0. The summed E-state index contributed by atoms with van der Waals surface area (Å²) in [7, 11) is 0. The van der Waals surface area contributed by atoms with E-state index in [2.05, 4.69) is 64.6 Å². The molecule has 3 rings (SSSR count). The van der Waals surface area contributed by atoms with Crippen LogP contribution in [0.5, 0.6) is 0 Å². The van der Waals surface area contributed by atoms with Crippen LogP contribution in [0.3, 0.4) is 0 Å². The molecule has 0 radical (unpaired) electrons. The van der Waals surface area contributed by atoms with Crippen LogP contribution in [-0.4, -0.2) is 0 Å². The van der Waals surface area contributed by atoms with E-state index in [0.29, 0.717) is 12.1 Å². The van der Waals surface area contributed by atoms with Gasteiger partial charge in [0.05, 0.1) is 0 Å². The lowest BCUT2D eigenvalue weighted by Crippen LogP contribution is -2.23. The molecule has 0 saturated carbocycles. The molecular formula is C17H17BrClN. The fourth-order valence-electron chi connectivity index (χ4n) is 2.93. The maximum absolute atomic E-state index is 6.06. The highest BCUT2D eigenvalue weighted by Gasteiger charge is 2.24. The summed E-state index contributed by atoms with van der Waals surface area (Å²) >= 11 is 9.60. The number of aryl methyl sites for hydroxylation is 1. The van der Waals surface area contributed by atoms with Gasteiger partial charge in [0.15, 0.2) is 0 Å². The molecule has 0 fully saturated rings. The van der Waals surface area contributed by atoms with Crippen LogP contribution in [0.25, 0.3) is 0 Å². The molecule has 1 nitrogen and oxygen atoms in total. The molecule has 1 aliphatic carbocycles. The van der Waals surface area contributed by atoms with E-state index in [0.717, 1.165) is 22.3 Å². The van der Waals surface area contributed by atoms with Crippen molar-refractivity contribution in [2.24, 2.45) is 0 Å². The van der Waals surface area contributed by atoms with Crippen molar-refractivity contribution in [2.45, 2.75) is 31.8 Å². The van der Waals surface area contributed by atoms with E-state index in [4.69, 9.17) is 11.6 Å². The molecule has 0 aromatic heterocycles. The van der Waals surface area contributed by atoms with Crippen LogP contribution in [0.15, 0.2) is 46.9 Å². The molecule has 0 heterocycles. The van der Waals surface area contributed by atoms with E-state index >= 15 is 0 Å². The monoisotopic (exact) mass is 349 g/mol. The summed E-state index contributed by atoms with van der Waals surface area (Å²) < 4.78 is 1.13. The van der Waals surface area contributed by atoms with Crippen LogP contribution in [0.4, 0.5) is 0 Å². The first-order chi connectivity index (χ1) is 9.63. The fraction of sp³-hybridized carbons (Fsp3) is 0.294. The summed E-state index contributed by atoms with van der Waals surface area (Å²) in [6.07, 6.45) is 2.26. The summed E-state index contributed by atoms with van der Waals surface area (Å²) in [5, 5.41) is 4.57. The quantitative estimate of drug-likeness (QED) is 0.777. The number of fused-ring (bicyclic) bond motifs is 1. The third-order valence-electron chi connectivity index (χ3n) is 3.98. The second-order valence-electron chi connectivity index (χ2n) is 5.38. The third kappa shape index (κ3) is 2.93. The Hall–Kier alpha value is -0.830. The van der Waals surface area contributed by atoms with Crippen LogP contribution >= 0.6 is 27.5 Å². The molecule has 2 unspecified atom stereocenters. The first-order valence-electron chi connectivity index (χ1n) is 6.93. The predicted molar refractivity (Wildman–Crippen MR) is 88.2 cm³/mol. The van der Waals surface area contributed by atoms with E-state index in [9.17, 15) is 0 Å². The molecule has 2 aromatic rings. The molecule has 3 heteroatoms. The van der Waals surface area contributed by atoms with Gasteiger partial charge in [-0.05, 0) is 60.7 Å². The minimum absolute atomic E-state index is 0.333. The van der Waals surface area contributed by atoms with E-state index < -0.39 is 0 Å². The van der Waals surface area contributed by atoms with Gasteiger partial charge in [0.25, 0.3) is 0 Å². The lowest BCUT2D eigenvalue weighted by atomic mass is 10.0. The largest absolute Gasteiger partial charge is 0.303 e. The molecule has 0 spiro atoms. The Kier molecular flexibility index (Phi) is 4.16. The lowest BCUT2D eigenvalue weighted by Gasteiger charge is -2.21.